The molecule has 3 aromatic rings. The van der Waals surface area contributed by atoms with E-state index < -0.39 is 0 Å². The maximum atomic E-state index is 13.1. The van der Waals surface area contributed by atoms with E-state index in [0.29, 0.717) is 36.8 Å². The maximum Gasteiger partial charge on any atom is 0.257 e. The van der Waals surface area contributed by atoms with Crippen molar-refractivity contribution in [2.45, 2.75) is 13.5 Å². The second kappa shape index (κ2) is 9.46. The van der Waals surface area contributed by atoms with Crippen LogP contribution in [-0.2, 0) is 6.54 Å². The largest absolute Gasteiger partial charge is 0.495 e. The molecule has 0 bridgehead atoms. The highest BCUT2D eigenvalue weighted by molar-refractivity contribution is 5.95. The molecular formula is C25H27N5O4. The Hall–Kier alpha value is -4.01. The van der Waals surface area contributed by atoms with Crippen LogP contribution in [0.4, 0.5) is 11.6 Å². The van der Waals surface area contributed by atoms with Gasteiger partial charge in [0.25, 0.3) is 5.91 Å². The van der Waals surface area contributed by atoms with Crippen molar-refractivity contribution in [3.63, 3.8) is 0 Å². The number of ether oxygens (including phenoxy) is 3. The fourth-order valence-corrected chi connectivity index (χ4v) is 4.21. The Labute approximate surface area is 198 Å². The summed E-state index contributed by atoms with van der Waals surface area (Å²) in [4.78, 5) is 26.1. The number of carbonyl (C=O) groups is 1. The lowest BCUT2D eigenvalue weighted by Gasteiger charge is -2.36. The smallest absolute Gasteiger partial charge is 0.257 e. The summed E-state index contributed by atoms with van der Waals surface area (Å²) in [7, 11) is 1.68. The fourth-order valence-electron chi connectivity index (χ4n) is 4.21. The minimum atomic E-state index is -0.0421. The van der Waals surface area contributed by atoms with Crippen LogP contribution in [0.1, 0.15) is 21.6 Å². The number of fused-ring (bicyclic) bond motifs is 1. The quantitative estimate of drug-likeness (QED) is 0.599. The predicted octanol–water partition coefficient (Wildman–Crippen LogP) is 3.10. The lowest BCUT2D eigenvalue weighted by atomic mass is 10.1. The second-order valence-electron chi connectivity index (χ2n) is 8.18. The summed E-state index contributed by atoms with van der Waals surface area (Å²) in [6.45, 7) is 5.35. The Morgan fingerprint density at radius 2 is 1.88 bits per heavy atom. The number of nitrogens with zero attached hydrogens (tertiary/aromatic N) is 4. The van der Waals surface area contributed by atoms with Gasteiger partial charge in [-0.1, -0.05) is 18.2 Å². The number of aryl methyl sites for hydroxylation is 1. The van der Waals surface area contributed by atoms with Gasteiger partial charge in [-0.3, -0.25) is 4.79 Å². The third-order valence-electron chi connectivity index (χ3n) is 6.09. The van der Waals surface area contributed by atoms with Crippen molar-refractivity contribution in [3.8, 4) is 17.2 Å². The highest BCUT2D eigenvalue weighted by Crippen LogP contribution is 2.32. The molecule has 0 aliphatic carbocycles. The van der Waals surface area contributed by atoms with Gasteiger partial charge in [-0.25, -0.2) is 9.97 Å². The zero-order chi connectivity index (χ0) is 23.5. The Balaban J connectivity index is 1.19. The molecule has 176 valence electrons. The van der Waals surface area contributed by atoms with Gasteiger partial charge in [-0.2, -0.15) is 0 Å². The number of methoxy groups -OCH3 is 1. The van der Waals surface area contributed by atoms with Crippen molar-refractivity contribution >= 4 is 17.5 Å². The molecule has 9 heteroatoms. The third-order valence-corrected chi connectivity index (χ3v) is 6.09. The molecule has 1 fully saturated rings. The molecule has 2 aliphatic heterocycles. The summed E-state index contributed by atoms with van der Waals surface area (Å²) in [5, 5.41) is 3.21. The van der Waals surface area contributed by atoms with Crippen LogP contribution < -0.4 is 24.4 Å². The van der Waals surface area contributed by atoms with E-state index in [1.54, 1.807) is 13.3 Å². The Kier molecular flexibility index (Phi) is 6.07. The van der Waals surface area contributed by atoms with Crippen LogP contribution in [0.15, 0.2) is 48.7 Å². The zero-order valence-corrected chi connectivity index (χ0v) is 19.3. The number of hydrogen-bond acceptors (Lipinski definition) is 8. The minimum absolute atomic E-state index is 0.0421. The molecule has 5 rings (SSSR count). The second-order valence-corrected chi connectivity index (χ2v) is 8.18. The zero-order valence-electron chi connectivity index (χ0n) is 19.3. The number of amides is 1. The molecule has 0 unspecified atom stereocenters. The Bertz CT molecular complexity index is 1190. The van der Waals surface area contributed by atoms with Crippen molar-refractivity contribution in [2.24, 2.45) is 0 Å². The van der Waals surface area contributed by atoms with Crippen molar-refractivity contribution in [2.75, 3.05) is 50.3 Å². The van der Waals surface area contributed by atoms with Gasteiger partial charge >= 0.3 is 0 Å². The third kappa shape index (κ3) is 4.41. The van der Waals surface area contributed by atoms with E-state index in [1.807, 2.05) is 54.3 Å². The van der Waals surface area contributed by atoms with Crippen molar-refractivity contribution in [1.82, 2.24) is 14.9 Å². The molecule has 1 N–H and O–H groups in total. The average Bonchev–Trinajstić information content (AvgIpc) is 3.35. The first-order chi connectivity index (χ1) is 16.6. The van der Waals surface area contributed by atoms with Crippen molar-refractivity contribution in [3.05, 3.63) is 65.5 Å². The normalized spacial score (nSPS) is 14.8. The van der Waals surface area contributed by atoms with Gasteiger partial charge in [0.2, 0.25) is 12.7 Å². The maximum absolute atomic E-state index is 13.1. The minimum Gasteiger partial charge on any atom is -0.495 e. The molecule has 2 aliphatic rings. The number of hydrogen-bond donors (Lipinski definition) is 1. The highest BCUT2D eigenvalue weighted by atomic mass is 16.7. The number of carbonyl (C=O) groups excluding carboxylic acids is 1. The highest BCUT2D eigenvalue weighted by Gasteiger charge is 2.25. The summed E-state index contributed by atoms with van der Waals surface area (Å²) in [6.07, 6.45) is 1.61. The molecule has 1 saturated heterocycles. The van der Waals surface area contributed by atoms with Crippen LogP contribution in [0.5, 0.6) is 17.2 Å². The number of nitrogens with one attached hydrogen (secondary N) is 1. The van der Waals surface area contributed by atoms with Gasteiger partial charge in [0.1, 0.15) is 5.75 Å². The number of rotatable bonds is 6. The van der Waals surface area contributed by atoms with Crippen LogP contribution in [0, 0.1) is 6.92 Å². The molecule has 1 amide bonds. The van der Waals surface area contributed by atoms with E-state index >= 15 is 0 Å². The first-order valence-electron chi connectivity index (χ1n) is 11.3. The fraction of sp³-hybridized carbons (Fsp3) is 0.320. The van der Waals surface area contributed by atoms with Gasteiger partial charge < -0.3 is 29.3 Å². The molecule has 0 saturated carbocycles. The number of benzene rings is 2. The predicted molar refractivity (Wildman–Crippen MR) is 128 cm³/mol. The van der Waals surface area contributed by atoms with Crippen LogP contribution >= 0.6 is 0 Å². The first kappa shape index (κ1) is 21.8. The van der Waals surface area contributed by atoms with Gasteiger partial charge in [0, 0.05) is 38.9 Å². The van der Waals surface area contributed by atoms with E-state index in [2.05, 4.69) is 20.2 Å². The molecular weight excluding hydrogens is 434 g/mol. The van der Waals surface area contributed by atoms with Crippen LogP contribution in [-0.4, -0.2) is 60.9 Å². The van der Waals surface area contributed by atoms with E-state index in [-0.39, 0.29) is 12.7 Å². The lowest BCUT2D eigenvalue weighted by Crippen LogP contribution is -2.49. The average molecular weight is 462 g/mol. The van der Waals surface area contributed by atoms with Crippen LogP contribution in [0.25, 0.3) is 0 Å². The summed E-state index contributed by atoms with van der Waals surface area (Å²) in [6, 6.07) is 13.7. The van der Waals surface area contributed by atoms with Crippen LogP contribution in [0.2, 0.25) is 0 Å². The summed E-state index contributed by atoms with van der Waals surface area (Å²) < 4.78 is 16.2. The van der Waals surface area contributed by atoms with Crippen LogP contribution in [0.3, 0.4) is 0 Å². The summed E-state index contributed by atoms with van der Waals surface area (Å²) in [5.41, 5.74) is 3.26. The molecule has 34 heavy (non-hydrogen) atoms. The molecule has 3 heterocycles. The molecule has 0 spiro atoms. The molecule has 1 aromatic heterocycles. The number of anilines is 2. The Morgan fingerprint density at radius 1 is 1.09 bits per heavy atom. The lowest BCUT2D eigenvalue weighted by molar-refractivity contribution is 0.0745. The number of piperazine rings is 1. The number of para-hydroxylation sites is 2. The standard InChI is InChI=1S/C25H27N5O4/c1-17-19(15-27-25(28-17)26-14-18-7-8-22-23(13-18)34-16-33-22)24(31)30-11-9-29(10-12-30)20-5-3-4-6-21(20)32-2/h3-8,13,15H,9-12,14,16H2,1-2H3,(H,26,27,28). The summed E-state index contributed by atoms with van der Waals surface area (Å²) >= 11 is 0. The van der Waals surface area contributed by atoms with Gasteiger partial charge in [-0.05, 0) is 36.8 Å². The monoisotopic (exact) mass is 461 g/mol. The molecule has 0 atom stereocenters. The summed E-state index contributed by atoms with van der Waals surface area (Å²) in [5.74, 6) is 2.77. The van der Waals surface area contributed by atoms with Gasteiger partial charge in [-0.15, -0.1) is 0 Å². The van der Waals surface area contributed by atoms with Crippen molar-refractivity contribution < 1.29 is 19.0 Å². The topological polar surface area (TPSA) is 89.1 Å². The van der Waals surface area contributed by atoms with E-state index in [4.69, 9.17) is 14.2 Å². The SMILES string of the molecule is COc1ccccc1N1CCN(C(=O)c2cnc(NCc3ccc4c(c3)OCO4)nc2C)CC1. The first-order valence-corrected chi connectivity index (χ1v) is 11.3. The Morgan fingerprint density at radius 3 is 2.68 bits per heavy atom. The van der Waals surface area contributed by atoms with E-state index in [0.717, 1.165) is 41.6 Å². The molecule has 0 radical (unpaired) electrons. The van der Waals surface area contributed by atoms with E-state index in [9.17, 15) is 4.79 Å². The van der Waals surface area contributed by atoms with E-state index in [1.165, 1.54) is 0 Å². The van der Waals surface area contributed by atoms with Gasteiger partial charge in [0.05, 0.1) is 24.1 Å². The molecule has 2 aromatic carbocycles. The van der Waals surface area contributed by atoms with Crippen molar-refractivity contribution in [1.29, 1.82) is 0 Å². The molecule has 9 nitrogen and oxygen atoms in total. The van der Waals surface area contributed by atoms with Gasteiger partial charge in [0.15, 0.2) is 11.5 Å². The number of aromatic nitrogens is 2.